The predicted molar refractivity (Wildman–Crippen MR) is 399 cm³/mol. The van der Waals surface area contributed by atoms with Crippen LogP contribution in [0.4, 0.5) is 37.3 Å². The summed E-state index contributed by atoms with van der Waals surface area (Å²) >= 11 is 13.1. The Labute approximate surface area is 609 Å². The summed E-state index contributed by atoms with van der Waals surface area (Å²) < 4.78 is 82.5. The quantitative estimate of drug-likeness (QED) is 0.0501. The van der Waals surface area contributed by atoms with Gasteiger partial charge in [0.25, 0.3) is 26.0 Å². The molecule has 4 atom stereocenters. The molecule has 0 saturated heterocycles. The number of rotatable bonds is 15. The Morgan fingerprint density at radius 2 is 0.951 bits per heavy atom. The summed E-state index contributed by atoms with van der Waals surface area (Å²) in [6.07, 6.45) is 12.2. The first-order chi connectivity index (χ1) is 48.5. The first kappa shape index (κ1) is 76.5. The fourth-order valence-electron chi connectivity index (χ4n) is 11.4. The Balaban J connectivity index is 0.000000213. The molecule has 2 aliphatic rings. The maximum absolute atomic E-state index is 13.6. The highest BCUT2D eigenvalue weighted by atomic mass is 35.5. The molecule has 102 heavy (non-hydrogen) atoms. The van der Waals surface area contributed by atoms with Crippen LogP contribution in [0.25, 0.3) is 44.3 Å². The zero-order chi connectivity index (χ0) is 73.5. The predicted octanol–water partition coefficient (Wildman–Crippen LogP) is 15.9. The van der Waals surface area contributed by atoms with E-state index in [4.69, 9.17) is 49.9 Å². The summed E-state index contributed by atoms with van der Waals surface area (Å²) in [5.74, 6) is -0.404. The number of amides is 3. The van der Waals surface area contributed by atoms with Gasteiger partial charge in [-0.3, -0.25) is 19.8 Å². The van der Waals surface area contributed by atoms with E-state index in [2.05, 4.69) is 41.5 Å². The normalized spacial score (nSPS) is 16.1. The highest BCUT2D eigenvalue weighted by molar-refractivity contribution is 7.90. The van der Waals surface area contributed by atoms with Crippen molar-refractivity contribution in [3.05, 3.63) is 204 Å². The van der Waals surface area contributed by atoms with Crippen LogP contribution >= 0.6 is 35.6 Å². The van der Waals surface area contributed by atoms with E-state index in [1.54, 1.807) is 163 Å². The molecule has 0 spiro atoms. The number of nitrogens with one attached hydrogen (secondary N) is 5. The zero-order valence-corrected chi connectivity index (χ0v) is 60.6. The summed E-state index contributed by atoms with van der Waals surface area (Å²) in [5, 5.41) is 25.8. The molecule has 23 nitrogen and oxygen atoms in total. The van der Waals surface area contributed by atoms with Crippen molar-refractivity contribution in [3.8, 4) is 22.5 Å². The number of carbonyl (C=O) groups excluding carboxylic acids is 3. The van der Waals surface area contributed by atoms with Gasteiger partial charge in [-0.2, -0.15) is 0 Å². The molecule has 538 valence electrons. The highest BCUT2D eigenvalue weighted by Crippen LogP contribution is 2.38. The third-order valence-electron chi connectivity index (χ3n) is 15.9. The lowest BCUT2D eigenvalue weighted by Crippen LogP contribution is -2.42. The van der Waals surface area contributed by atoms with E-state index in [0.717, 1.165) is 50.3 Å². The van der Waals surface area contributed by atoms with Crippen LogP contribution in [0.1, 0.15) is 115 Å². The van der Waals surface area contributed by atoms with Crippen LogP contribution in [0, 0.1) is 0 Å². The van der Waals surface area contributed by atoms with Crippen LogP contribution in [-0.4, -0.2) is 116 Å². The smallest absolute Gasteiger partial charge is 0.412 e. The molecule has 12 rings (SSSR count). The average Bonchev–Trinajstić information content (AvgIpc) is 1.61. The molecule has 2 fully saturated rings. The molecule has 8 N–H and O–H groups in total. The number of carboxylic acid groups (broad SMARTS) is 1. The van der Waals surface area contributed by atoms with Crippen molar-refractivity contribution in [3.63, 3.8) is 0 Å². The number of nitrogens with zero attached hydrogens (tertiary/aromatic N) is 6. The van der Waals surface area contributed by atoms with E-state index in [0.29, 0.717) is 79.2 Å². The maximum atomic E-state index is 13.6. The lowest BCUT2D eigenvalue weighted by molar-refractivity contribution is 0.0624. The van der Waals surface area contributed by atoms with Gasteiger partial charge in [0, 0.05) is 75.4 Å². The van der Waals surface area contributed by atoms with Gasteiger partial charge >= 0.3 is 18.2 Å². The largest absolute Gasteiger partial charge is 0.478 e. The molecule has 3 amide bonds. The SMILES string of the molecule is CC(C)(C)OC(=O)Nc1ccc(C(=O)N[C@H]2CCC[C@@H](Nc3ncc(Cl)c(-c4cn(S(=O)(=O)c5ccccc5)c5ccccc45)n3)C2)cc1.CC(C)(C)OC(=O)Nc1ccc(C(=O)O)cc1.Cl.N[C@H]1CCC[C@@H](Nc2ncc(Cl)c(-c3cn(S(=O)(=O)c4ccccc4)c4ccccc34)n2)C1.[2H]CF. The Bertz CT molecular complexity index is 4820. The van der Waals surface area contributed by atoms with Gasteiger partial charge in [-0.1, -0.05) is 96.0 Å². The van der Waals surface area contributed by atoms with E-state index in [1.165, 1.54) is 38.4 Å². The van der Waals surface area contributed by atoms with Crippen molar-refractivity contribution in [2.75, 3.05) is 28.4 Å². The van der Waals surface area contributed by atoms with Crippen molar-refractivity contribution in [2.45, 2.75) is 138 Å². The summed E-state index contributed by atoms with van der Waals surface area (Å²) in [4.78, 5) is 65.7. The van der Waals surface area contributed by atoms with Gasteiger partial charge < -0.3 is 36.3 Å². The number of aromatic nitrogens is 6. The van der Waals surface area contributed by atoms with Gasteiger partial charge in [-0.15, -0.1) is 12.4 Å². The minimum Gasteiger partial charge on any atom is -0.478 e. The van der Waals surface area contributed by atoms with Crippen LogP contribution in [0.15, 0.2) is 192 Å². The van der Waals surface area contributed by atoms with Crippen molar-refractivity contribution in [1.29, 1.82) is 0 Å². The molecule has 0 aliphatic heterocycles. The molecule has 4 heterocycles. The third kappa shape index (κ3) is 20.3. The second kappa shape index (κ2) is 34.3. The minimum atomic E-state index is -3.89. The van der Waals surface area contributed by atoms with Gasteiger partial charge in [0.1, 0.15) is 11.2 Å². The molecule has 2 saturated carbocycles. The summed E-state index contributed by atoms with van der Waals surface area (Å²) in [5.41, 5.74) is 9.72. The number of alkyl halides is 1. The first-order valence-corrected chi connectivity index (χ1v) is 35.9. The molecule has 0 bridgehead atoms. The molecule has 2 aliphatic carbocycles. The van der Waals surface area contributed by atoms with Crippen LogP contribution in [0.5, 0.6) is 0 Å². The highest BCUT2D eigenvalue weighted by Gasteiger charge is 2.29. The van der Waals surface area contributed by atoms with Gasteiger partial charge in [-0.25, -0.2) is 59.1 Å². The molecule has 4 aromatic heterocycles. The number of benzene rings is 6. The number of halogens is 4. The zero-order valence-electron chi connectivity index (χ0n) is 57.6. The topological polar surface area (TPSA) is 323 Å². The maximum Gasteiger partial charge on any atom is 0.412 e. The fourth-order valence-corrected chi connectivity index (χ4v) is 14.6. The summed E-state index contributed by atoms with van der Waals surface area (Å²) in [6, 6.07) is 43.9. The van der Waals surface area contributed by atoms with E-state index < -0.39 is 56.6 Å². The molecule has 0 unspecified atom stereocenters. The van der Waals surface area contributed by atoms with Gasteiger partial charge in [-0.05, 0) is 178 Å². The minimum absolute atomic E-state index is 0. The molecular weight excluding hydrogens is 1410 g/mol. The van der Waals surface area contributed by atoms with Crippen LogP contribution < -0.4 is 32.3 Å². The van der Waals surface area contributed by atoms with Crippen molar-refractivity contribution in [1.82, 2.24) is 33.2 Å². The molecular formula is C73H80Cl3FN12O11S2. The Kier molecular flexibility index (Phi) is 25.7. The second-order valence-electron chi connectivity index (χ2n) is 25.8. The number of fused-ring (bicyclic) bond motifs is 2. The number of ether oxygens (including phenoxy) is 2. The van der Waals surface area contributed by atoms with Crippen molar-refractivity contribution in [2.24, 2.45) is 5.73 Å². The van der Waals surface area contributed by atoms with Crippen LogP contribution in [0.3, 0.4) is 0 Å². The molecule has 29 heteroatoms. The van der Waals surface area contributed by atoms with E-state index in [9.17, 15) is 40.4 Å². The van der Waals surface area contributed by atoms with Crippen molar-refractivity contribution < 1.29 is 56.4 Å². The lowest BCUT2D eigenvalue weighted by atomic mass is 9.91. The van der Waals surface area contributed by atoms with E-state index in [1.807, 2.05) is 30.3 Å². The number of carboxylic acids is 1. The number of hydrogen-bond donors (Lipinski definition) is 7. The van der Waals surface area contributed by atoms with Crippen molar-refractivity contribution >= 4 is 125 Å². The van der Waals surface area contributed by atoms with Crippen LogP contribution in [0.2, 0.25) is 10.0 Å². The number of nitrogens with two attached hydrogens (primary N) is 1. The Morgan fingerprint density at radius 1 is 0.569 bits per heavy atom. The van der Waals surface area contributed by atoms with Crippen LogP contribution in [-0.2, 0) is 29.5 Å². The number of carbonyl (C=O) groups is 4. The third-order valence-corrected chi connectivity index (χ3v) is 19.8. The number of anilines is 4. The first-order valence-electron chi connectivity index (χ1n) is 33.0. The second-order valence-corrected chi connectivity index (χ2v) is 30.2. The average molecular weight is 1490 g/mol. The van der Waals surface area contributed by atoms with Gasteiger partial charge in [0.15, 0.2) is 0 Å². The summed E-state index contributed by atoms with van der Waals surface area (Å²) in [6.45, 7) is 10.7. The molecule has 10 aromatic rings. The molecule has 6 aromatic carbocycles. The number of aromatic carboxylic acids is 1. The van der Waals surface area contributed by atoms with E-state index >= 15 is 0 Å². The summed E-state index contributed by atoms with van der Waals surface area (Å²) in [7, 11) is -8.69. The standard InChI is InChI=1S/C36H37ClN6O5S.C24H24ClN5O2S.C12H15NO4.CH3F.ClH/c1-36(2,3)48-35(45)41-24-18-16-23(17-19-24)33(44)39-25-10-9-11-26(20-25)40-34-38-21-30(37)32(42-34)29-22-43(31-15-8-7-14-28(29)31)49(46,47)27-12-5-4-6-13-27;25-21-14-27-24(28-17-8-6-7-16(26)13-17)29-23(21)20-15-30(22-12-5-4-11-19(20)22)33(31,32)18-9-2-1-3-10-18;1-12(2,3)17-11(16)13-9-6-4-8(5-7-9)10(14)15;1-2;/h4-8,12-19,21-22,25-26H,9-11,20H2,1-3H3,(H,39,44)(H,41,45)(H,38,40,42);1-5,9-12,14-17H,6-8,13,26H2,(H,27,28,29);4-7H,1-3H3,(H,13,16)(H,14,15);1H3;1H/t25-,26+;16-,17+;;;/m00.../s1/i;;;1D;. The number of hydrogen-bond acceptors (Lipinski definition) is 17. The van der Waals surface area contributed by atoms with Gasteiger partial charge in [0.2, 0.25) is 11.9 Å². The van der Waals surface area contributed by atoms with Gasteiger partial charge in [0.05, 0.1) is 68.7 Å². The lowest BCUT2D eigenvalue weighted by Gasteiger charge is -2.30. The molecule has 0 radical (unpaired) electrons. The Morgan fingerprint density at radius 3 is 1.36 bits per heavy atom. The monoisotopic (exact) mass is 1490 g/mol. The van der Waals surface area contributed by atoms with E-state index in [-0.39, 0.29) is 62.9 Å². The Hall–Kier alpha value is -9.70. The number of para-hydroxylation sites is 2. The fraction of sp³-hybridized carbons (Fsp3) is 0.288.